The molecule has 0 fully saturated rings. The minimum Gasteiger partial charge on any atom is -0.481 e. The number of aliphatic carboxylic acids is 1. The molecule has 2 aromatic rings. The molecule has 3 rings (SSSR count). The smallest absolute Gasteiger partial charge is 0.312 e. The second kappa shape index (κ2) is 5.77. The third-order valence-corrected chi connectivity index (χ3v) is 5.51. The van der Waals surface area contributed by atoms with E-state index in [2.05, 4.69) is 15.9 Å². The minimum absolute atomic E-state index is 0.0389. The lowest BCUT2D eigenvalue weighted by Gasteiger charge is -2.13. The van der Waals surface area contributed by atoms with Crippen LogP contribution in [0.25, 0.3) is 0 Å². The van der Waals surface area contributed by atoms with Crippen molar-refractivity contribution in [1.82, 2.24) is 4.57 Å². The van der Waals surface area contributed by atoms with Crippen LogP contribution < -0.4 is 0 Å². The van der Waals surface area contributed by atoms with Crippen molar-refractivity contribution in [2.45, 2.75) is 31.7 Å². The van der Waals surface area contributed by atoms with Gasteiger partial charge in [0.05, 0.1) is 16.5 Å². The van der Waals surface area contributed by atoms with Gasteiger partial charge in [-0.15, -0.1) is 11.3 Å². The Morgan fingerprint density at radius 3 is 2.81 bits per heavy atom. The van der Waals surface area contributed by atoms with Gasteiger partial charge in [0.25, 0.3) is 0 Å². The summed E-state index contributed by atoms with van der Waals surface area (Å²) in [5.74, 6) is -1.36. The molecule has 0 aromatic carbocycles. The Labute approximate surface area is 134 Å². The average Bonchev–Trinajstić information content (AvgIpc) is 2.99. The number of carbonyl (C=O) groups excluding carboxylic acids is 1. The molecule has 1 aliphatic heterocycles. The molecule has 3 heterocycles. The first-order valence-electron chi connectivity index (χ1n) is 6.79. The number of rotatable bonds is 3. The number of fused-ring (bicyclic) bond motifs is 1. The second-order valence-corrected chi connectivity index (χ2v) is 6.97. The lowest BCUT2D eigenvalue weighted by atomic mass is 10.0. The summed E-state index contributed by atoms with van der Waals surface area (Å²) in [5.41, 5.74) is 1.34. The molecule has 0 saturated carbocycles. The van der Waals surface area contributed by atoms with Crippen LogP contribution in [0, 0.1) is 0 Å². The Hall–Kier alpha value is -1.40. The fourth-order valence-corrected chi connectivity index (χ4v) is 4.19. The molecule has 4 nitrogen and oxygen atoms in total. The number of hydrogen-bond acceptors (Lipinski definition) is 3. The van der Waals surface area contributed by atoms with Crippen LogP contribution in [0.1, 0.15) is 46.2 Å². The second-order valence-electron chi connectivity index (χ2n) is 5.14. The minimum atomic E-state index is -0.811. The van der Waals surface area contributed by atoms with Crippen LogP contribution in [-0.2, 0) is 11.3 Å². The highest BCUT2D eigenvalue weighted by Gasteiger charge is 2.28. The molecule has 110 valence electrons. The Kier molecular flexibility index (Phi) is 3.99. The molecule has 1 atom stereocenters. The standard InChI is InChI=1S/C15H14BrNO3S/c16-9-7-13(21-8-9)14(18)12-5-4-11-10(15(19)20)3-1-2-6-17(11)12/h4-5,7-8,10H,1-3,6H2,(H,19,20). The van der Waals surface area contributed by atoms with Crippen molar-refractivity contribution in [3.63, 3.8) is 0 Å². The Bertz CT molecular complexity index is 704. The van der Waals surface area contributed by atoms with Gasteiger partial charge in [-0.25, -0.2) is 0 Å². The first kappa shape index (κ1) is 14.5. The monoisotopic (exact) mass is 367 g/mol. The summed E-state index contributed by atoms with van der Waals surface area (Å²) in [5, 5.41) is 11.3. The lowest BCUT2D eigenvalue weighted by Crippen LogP contribution is -2.16. The first-order chi connectivity index (χ1) is 10.1. The molecular formula is C15H14BrNO3S. The van der Waals surface area contributed by atoms with Gasteiger partial charge in [-0.05, 0) is 47.0 Å². The van der Waals surface area contributed by atoms with Gasteiger partial charge in [0.1, 0.15) is 0 Å². The predicted octanol–water partition coefficient (Wildman–Crippen LogP) is 3.90. The molecular weight excluding hydrogens is 354 g/mol. The van der Waals surface area contributed by atoms with Crippen molar-refractivity contribution in [1.29, 1.82) is 0 Å². The maximum atomic E-state index is 12.6. The van der Waals surface area contributed by atoms with Crippen LogP contribution in [0.5, 0.6) is 0 Å². The fourth-order valence-electron chi connectivity index (χ4n) is 2.81. The van der Waals surface area contributed by atoms with E-state index >= 15 is 0 Å². The summed E-state index contributed by atoms with van der Waals surface area (Å²) < 4.78 is 2.78. The maximum Gasteiger partial charge on any atom is 0.312 e. The number of aromatic nitrogens is 1. The number of ketones is 1. The van der Waals surface area contributed by atoms with Crippen LogP contribution in [0.15, 0.2) is 28.1 Å². The van der Waals surface area contributed by atoms with Crippen molar-refractivity contribution in [2.24, 2.45) is 0 Å². The normalized spacial score (nSPS) is 18.0. The highest BCUT2D eigenvalue weighted by molar-refractivity contribution is 9.10. The highest BCUT2D eigenvalue weighted by Crippen LogP contribution is 2.31. The molecule has 21 heavy (non-hydrogen) atoms. The van der Waals surface area contributed by atoms with E-state index in [0.29, 0.717) is 23.5 Å². The van der Waals surface area contributed by atoms with Crippen LogP contribution in [0.4, 0.5) is 0 Å². The molecule has 0 saturated heterocycles. The van der Waals surface area contributed by atoms with Gasteiger partial charge in [-0.3, -0.25) is 9.59 Å². The molecule has 1 aliphatic rings. The van der Waals surface area contributed by atoms with Crippen LogP contribution in [0.2, 0.25) is 0 Å². The summed E-state index contributed by atoms with van der Waals surface area (Å²) in [6.45, 7) is 0.708. The molecule has 1 unspecified atom stereocenters. The zero-order valence-corrected chi connectivity index (χ0v) is 13.6. The van der Waals surface area contributed by atoms with Gasteiger partial charge in [0.2, 0.25) is 5.78 Å². The number of carboxylic acid groups (broad SMARTS) is 1. The van der Waals surface area contributed by atoms with Crippen LogP contribution in [0.3, 0.4) is 0 Å². The summed E-state index contributed by atoms with van der Waals surface area (Å²) in [7, 11) is 0. The van der Waals surface area contributed by atoms with Crippen LogP contribution in [-0.4, -0.2) is 21.4 Å². The number of halogens is 1. The zero-order chi connectivity index (χ0) is 15.0. The van der Waals surface area contributed by atoms with Gasteiger partial charge in [-0.2, -0.15) is 0 Å². The Morgan fingerprint density at radius 2 is 2.14 bits per heavy atom. The molecule has 6 heteroatoms. The largest absolute Gasteiger partial charge is 0.481 e. The van der Waals surface area contributed by atoms with Gasteiger partial charge >= 0.3 is 5.97 Å². The summed E-state index contributed by atoms with van der Waals surface area (Å²) in [4.78, 5) is 24.7. The zero-order valence-electron chi connectivity index (χ0n) is 11.2. The van der Waals surface area contributed by atoms with Gasteiger partial charge in [0, 0.05) is 22.1 Å². The SMILES string of the molecule is O=C(c1cc(Br)cs1)c1ccc2n1CCCCC2C(=O)O. The van der Waals surface area contributed by atoms with E-state index < -0.39 is 11.9 Å². The van der Waals surface area contributed by atoms with Crippen molar-refractivity contribution in [3.8, 4) is 0 Å². The number of thiophene rings is 1. The van der Waals surface area contributed by atoms with E-state index in [4.69, 9.17) is 0 Å². The quantitative estimate of drug-likeness (QED) is 0.836. The summed E-state index contributed by atoms with van der Waals surface area (Å²) in [6.07, 6.45) is 2.41. The molecule has 1 N–H and O–H groups in total. The third kappa shape index (κ3) is 2.70. The van der Waals surface area contributed by atoms with Gasteiger partial charge in [0.15, 0.2) is 0 Å². The van der Waals surface area contributed by atoms with Crippen LogP contribution >= 0.6 is 27.3 Å². The number of hydrogen-bond donors (Lipinski definition) is 1. The Balaban J connectivity index is 2.02. The molecule has 2 aromatic heterocycles. The van der Waals surface area contributed by atoms with E-state index in [9.17, 15) is 14.7 Å². The van der Waals surface area contributed by atoms with E-state index in [1.54, 1.807) is 18.2 Å². The topological polar surface area (TPSA) is 59.3 Å². The molecule has 0 aliphatic carbocycles. The first-order valence-corrected chi connectivity index (χ1v) is 8.46. The van der Waals surface area contributed by atoms with E-state index in [1.807, 2.05) is 9.95 Å². The number of carbonyl (C=O) groups is 2. The molecule has 0 bridgehead atoms. The van der Waals surface area contributed by atoms with Crippen molar-refractivity contribution in [2.75, 3.05) is 0 Å². The van der Waals surface area contributed by atoms with Gasteiger partial charge in [-0.1, -0.05) is 6.42 Å². The van der Waals surface area contributed by atoms with Gasteiger partial charge < -0.3 is 9.67 Å². The van der Waals surface area contributed by atoms with E-state index in [0.717, 1.165) is 23.0 Å². The number of nitrogens with zero attached hydrogens (tertiary/aromatic N) is 1. The lowest BCUT2D eigenvalue weighted by molar-refractivity contribution is -0.139. The van der Waals surface area contributed by atoms with Crippen molar-refractivity contribution < 1.29 is 14.7 Å². The van der Waals surface area contributed by atoms with Crippen molar-refractivity contribution in [3.05, 3.63) is 44.3 Å². The van der Waals surface area contributed by atoms with E-state index in [1.165, 1.54) is 11.3 Å². The maximum absolute atomic E-state index is 12.6. The molecule has 0 spiro atoms. The fraction of sp³-hybridized carbons (Fsp3) is 0.333. The predicted molar refractivity (Wildman–Crippen MR) is 84.1 cm³/mol. The van der Waals surface area contributed by atoms with E-state index in [-0.39, 0.29) is 5.78 Å². The highest BCUT2D eigenvalue weighted by atomic mass is 79.9. The summed E-state index contributed by atoms with van der Waals surface area (Å²) >= 11 is 4.75. The summed E-state index contributed by atoms with van der Waals surface area (Å²) in [6, 6.07) is 5.35. The number of carboxylic acids is 1. The molecule has 0 radical (unpaired) electrons. The van der Waals surface area contributed by atoms with Crippen molar-refractivity contribution >= 4 is 39.0 Å². The Morgan fingerprint density at radius 1 is 1.33 bits per heavy atom. The third-order valence-electron chi connectivity index (χ3n) is 3.82. The average molecular weight is 368 g/mol. The molecule has 0 amide bonds.